The highest BCUT2D eigenvalue weighted by Crippen LogP contribution is 2.28. The first-order chi connectivity index (χ1) is 9.08. The normalized spacial score (nSPS) is 35.3. The van der Waals surface area contributed by atoms with Crippen molar-refractivity contribution >= 4 is 5.97 Å². The van der Waals surface area contributed by atoms with Crippen LogP contribution in [0.3, 0.4) is 0 Å². The fourth-order valence-corrected chi connectivity index (χ4v) is 2.46. The van der Waals surface area contributed by atoms with Gasteiger partial charge < -0.3 is 28.8 Å². The topological polar surface area (TPSA) is 83.5 Å². The van der Waals surface area contributed by atoms with Crippen molar-refractivity contribution in [2.45, 2.75) is 36.9 Å². The maximum Gasteiger partial charge on any atom is 0.306 e. The van der Waals surface area contributed by atoms with Crippen LogP contribution >= 0.6 is 0 Å². The zero-order valence-corrected chi connectivity index (χ0v) is 11.7. The predicted octanol–water partition coefficient (Wildman–Crippen LogP) is -0.0801. The van der Waals surface area contributed by atoms with Gasteiger partial charge in [-0.05, 0) is 0 Å². The van der Waals surface area contributed by atoms with Crippen LogP contribution in [0.25, 0.3) is 0 Å². The van der Waals surface area contributed by atoms with Gasteiger partial charge in [0, 0.05) is 28.4 Å². The van der Waals surface area contributed by atoms with Crippen LogP contribution in [0, 0.1) is 0 Å². The summed E-state index contributed by atoms with van der Waals surface area (Å²) >= 11 is 0. The van der Waals surface area contributed by atoms with E-state index in [1.807, 2.05) is 0 Å². The first kappa shape index (κ1) is 16.3. The summed E-state index contributed by atoms with van der Waals surface area (Å²) in [6.07, 6.45) is -2.43. The molecule has 5 unspecified atom stereocenters. The van der Waals surface area contributed by atoms with Crippen molar-refractivity contribution in [2.75, 3.05) is 35.0 Å². The van der Waals surface area contributed by atoms with Crippen molar-refractivity contribution in [2.24, 2.45) is 0 Å². The summed E-state index contributed by atoms with van der Waals surface area (Å²) in [4.78, 5) is 10.9. The second-order valence-electron chi connectivity index (χ2n) is 4.37. The Morgan fingerprint density at radius 3 is 1.95 bits per heavy atom. The molecule has 1 fully saturated rings. The Bertz CT molecular complexity index is 283. The SMILES string of the molecule is COCC1OC(CC(=O)O)C(OC)C(OC)C1OC. The highest BCUT2D eigenvalue weighted by molar-refractivity contribution is 5.67. The second-order valence-corrected chi connectivity index (χ2v) is 4.37. The Labute approximate surface area is 112 Å². The molecule has 7 heteroatoms. The van der Waals surface area contributed by atoms with E-state index in [1.54, 1.807) is 14.2 Å². The van der Waals surface area contributed by atoms with Crippen LogP contribution in [0.5, 0.6) is 0 Å². The Kier molecular flexibility index (Phi) is 6.67. The number of ether oxygens (including phenoxy) is 5. The molecule has 112 valence electrons. The highest BCUT2D eigenvalue weighted by Gasteiger charge is 2.47. The lowest BCUT2D eigenvalue weighted by Crippen LogP contribution is -2.60. The van der Waals surface area contributed by atoms with Gasteiger partial charge in [-0.15, -0.1) is 0 Å². The molecule has 1 heterocycles. The fourth-order valence-electron chi connectivity index (χ4n) is 2.46. The van der Waals surface area contributed by atoms with E-state index in [0.29, 0.717) is 6.61 Å². The van der Waals surface area contributed by atoms with E-state index in [1.165, 1.54) is 14.2 Å². The summed E-state index contributed by atoms with van der Waals surface area (Å²) < 4.78 is 26.9. The first-order valence-corrected chi connectivity index (χ1v) is 6.03. The van der Waals surface area contributed by atoms with Gasteiger partial charge in [-0.1, -0.05) is 0 Å². The number of carboxylic acid groups (broad SMARTS) is 1. The molecule has 1 N–H and O–H groups in total. The van der Waals surface area contributed by atoms with Crippen LogP contribution in [0.1, 0.15) is 6.42 Å². The molecule has 0 aromatic heterocycles. The van der Waals surface area contributed by atoms with Crippen LogP contribution in [-0.4, -0.2) is 76.6 Å². The highest BCUT2D eigenvalue weighted by atomic mass is 16.6. The van der Waals surface area contributed by atoms with E-state index < -0.39 is 30.4 Å². The maximum atomic E-state index is 10.9. The van der Waals surface area contributed by atoms with Gasteiger partial charge in [0.25, 0.3) is 0 Å². The second kappa shape index (κ2) is 7.76. The lowest BCUT2D eigenvalue weighted by molar-refractivity contribution is -0.250. The number of aliphatic carboxylic acids is 1. The molecule has 19 heavy (non-hydrogen) atoms. The number of carboxylic acids is 1. The Balaban J connectivity index is 2.91. The predicted molar refractivity (Wildman–Crippen MR) is 65.2 cm³/mol. The molecule has 0 aromatic carbocycles. The fraction of sp³-hybridized carbons (Fsp3) is 0.917. The van der Waals surface area contributed by atoms with E-state index in [0.717, 1.165) is 0 Å². The molecule has 0 aromatic rings. The van der Waals surface area contributed by atoms with Gasteiger partial charge in [0.2, 0.25) is 0 Å². The summed E-state index contributed by atoms with van der Waals surface area (Å²) in [5, 5.41) is 8.94. The summed E-state index contributed by atoms with van der Waals surface area (Å²) in [6.45, 7) is 0.297. The number of carbonyl (C=O) groups is 1. The van der Waals surface area contributed by atoms with Crippen molar-refractivity contribution in [3.63, 3.8) is 0 Å². The van der Waals surface area contributed by atoms with Crippen LogP contribution in [0.4, 0.5) is 0 Å². The molecule has 1 aliphatic heterocycles. The van der Waals surface area contributed by atoms with Gasteiger partial charge in [0.05, 0.1) is 19.1 Å². The van der Waals surface area contributed by atoms with E-state index in [4.69, 9.17) is 28.8 Å². The average molecular weight is 278 g/mol. The summed E-state index contributed by atoms with van der Waals surface area (Å²) in [5.41, 5.74) is 0. The van der Waals surface area contributed by atoms with Gasteiger partial charge in [0.15, 0.2) is 0 Å². The number of methoxy groups -OCH3 is 4. The smallest absolute Gasteiger partial charge is 0.306 e. The summed E-state index contributed by atoms with van der Waals surface area (Å²) in [6, 6.07) is 0. The van der Waals surface area contributed by atoms with E-state index in [-0.39, 0.29) is 12.5 Å². The lowest BCUT2D eigenvalue weighted by atomic mass is 9.93. The van der Waals surface area contributed by atoms with Crippen molar-refractivity contribution in [1.29, 1.82) is 0 Å². The molecule has 5 atom stereocenters. The van der Waals surface area contributed by atoms with Gasteiger partial charge >= 0.3 is 5.97 Å². The van der Waals surface area contributed by atoms with Crippen molar-refractivity contribution in [1.82, 2.24) is 0 Å². The van der Waals surface area contributed by atoms with Crippen LogP contribution < -0.4 is 0 Å². The molecular weight excluding hydrogens is 256 g/mol. The molecule has 0 radical (unpaired) electrons. The van der Waals surface area contributed by atoms with Gasteiger partial charge in [-0.3, -0.25) is 4.79 Å². The quantitative estimate of drug-likeness (QED) is 0.697. The minimum atomic E-state index is -0.950. The monoisotopic (exact) mass is 278 g/mol. The minimum Gasteiger partial charge on any atom is -0.481 e. The molecule has 0 aliphatic carbocycles. The molecule has 1 aliphatic rings. The van der Waals surface area contributed by atoms with Crippen molar-refractivity contribution < 1.29 is 33.6 Å². The third-order valence-corrected chi connectivity index (χ3v) is 3.25. The summed E-state index contributed by atoms with van der Waals surface area (Å²) in [7, 11) is 6.13. The molecule has 0 bridgehead atoms. The third-order valence-electron chi connectivity index (χ3n) is 3.25. The van der Waals surface area contributed by atoms with E-state index in [2.05, 4.69) is 0 Å². The van der Waals surface area contributed by atoms with Crippen LogP contribution in [0.15, 0.2) is 0 Å². The maximum absolute atomic E-state index is 10.9. The molecule has 1 rings (SSSR count). The van der Waals surface area contributed by atoms with Gasteiger partial charge in [0.1, 0.15) is 24.4 Å². The third kappa shape index (κ3) is 3.87. The number of hydrogen-bond donors (Lipinski definition) is 1. The first-order valence-electron chi connectivity index (χ1n) is 6.03. The van der Waals surface area contributed by atoms with Gasteiger partial charge in [-0.25, -0.2) is 0 Å². The Hall–Kier alpha value is -0.730. The number of hydrogen-bond acceptors (Lipinski definition) is 6. The minimum absolute atomic E-state index is 0.158. The van der Waals surface area contributed by atoms with Crippen LogP contribution in [0.2, 0.25) is 0 Å². The Morgan fingerprint density at radius 1 is 1.00 bits per heavy atom. The number of rotatable bonds is 7. The largest absolute Gasteiger partial charge is 0.481 e. The molecule has 0 amide bonds. The molecule has 1 saturated heterocycles. The zero-order valence-electron chi connectivity index (χ0n) is 11.7. The molecule has 0 saturated carbocycles. The van der Waals surface area contributed by atoms with Crippen molar-refractivity contribution in [3.8, 4) is 0 Å². The van der Waals surface area contributed by atoms with Crippen LogP contribution in [-0.2, 0) is 28.5 Å². The standard InChI is InChI=1S/C12H22O7/c1-15-6-8-11(17-3)12(18-4)10(16-2)7(19-8)5-9(13)14/h7-8,10-12H,5-6H2,1-4H3,(H,13,14). The lowest BCUT2D eigenvalue weighted by Gasteiger charge is -2.44. The molecular formula is C12H22O7. The van der Waals surface area contributed by atoms with Gasteiger partial charge in [-0.2, -0.15) is 0 Å². The molecule has 0 spiro atoms. The Morgan fingerprint density at radius 2 is 1.53 bits per heavy atom. The van der Waals surface area contributed by atoms with E-state index >= 15 is 0 Å². The summed E-state index contributed by atoms with van der Waals surface area (Å²) in [5.74, 6) is -0.950. The zero-order chi connectivity index (χ0) is 14.4. The average Bonchev–Trinajstić information content (AvgIpc) is 2.37. The van der Waals surface area contributed by atoms with E-state index in [9.17, 15) is 4.79 Å². The molecule has 7 nitrogen and oxygen atoms in total. The van der Waals surface area contributed by atoms with Crippen molar-refractivity contribution in [3.05, 3.63) is 0 Å².